The van der Waals surface area contributed by atoms with Crippen molar-refractivity contribution in [3.8, 4) is 0 Å². The SMILES string of the molecule is N[C@@H](Cc1ccccc1)[C@H](O)CNCc1cncc(Cl)c1. The van der Waals surface area contributed by atoms with Crippen LogP contribution in [0, 0.1) is 0 Å². The van der Waals surface area contributed by atoms with Gasteiger partial charge in [0.15, 0.2) is 0 Å². The minimum atomic E-state index is -0.600. The highest BCUT2D eigenvalue weighted by atomic mass is 35.5. The van der Waals surface area contributed by atoms with E-state index in [4.69, 9.17) is 17.3 Å². The van der Waals surface area contributed by atoms with E-state index >= 15 is 0 Å². The summed E-state index contributed by atoms with van der Waals surface area (Å²) in [6.07, 6.45) is 3.39. The Bertz CT molecular complexity index is 550. The van der Waals surface area contributed by atoms with Crippen LogP contribution >= 0.6 is 11.6 Å². The van der Waals surface area contributed by atoms with Gasteiger partial charge in [0.1, 0.15) is 0 Å². The zero-order chi connectivity index (χ0) is 15.1. The van der Waals surface area contributed by atoms with Gasteiger partial charge in [0.2, 0.25) is 0 Å². The molecule has 5 heteroatoms. The molecule has 0 saturated carbocycles. The average Bonchev–Trinajstić information content (AvgIpc) is 2.48. The number of hydrogen-bond donors (Lipinski definition) is 3. The fraction of sp³-hybridized carbons (Fsp3) is 0.312. The summed E-state index contributed by atoms with van der Waals surface area (Å²) in [5, 5.41) is 13.9. The van der Waals surface area contributed by atoms with Gasteiger partial charge in [-0.05, 0) is 23.6 Å². The number of rotatable bonds is 7. The van der Waals surface area contributed by atoms with Crippen molar-refractivity contribution in [1.82, 2.24) is 10.3 Å². The lowest BCUT2D eigenvalue weighted by atomic mass is 10.0. The van der Waals surface area contributed by atoms with Crippen LogP contribution in [0.5, 0.6) is 0 Å². The van der Waals surface area contributed by atoms with Crippen LogP contribution < -0.4 is 11.1 Å². The van der Waals surface area contributed by atoms with Crippen molar-refractivity contribution in [1.29, 1.82) is 0 Å². The van der Waals surface area contributed by atoms with Gasteiger partial charge in [-0.2, -0.15) is 0 Å². The quantitative estimate of drug-likeness (QED) is 0.729. The maximum atomic E-state index is 10.1. The first-order chi connectivity index (χ1) is 10.1. The van der Waals surface area contributed by atoms with Crippen molar-refractivity contribution in [3.05, 3.63) is 64.9 Å². The first-order valence-electron chi connectivity index (χ1n) is 6.93. The molecule has 4 nitrogen and oxygen atoms in total. The summed E-state index contributed by atoms with van der Waals surface area (Å²) in [5.74, 6) is 0. The fourth-order valence-corrected chi connectivity index (χ4v) is 2.29. The van der Waals surface area contributed by atoms with Crippen LogP contribution in [-0.2, 0) is 13.0 Å². The molecule has 0 aliphatic carbocycles. The third-order valence-corrected chi connectivity index (χ3v) is 3.46. The second-order valence-corrected chi connectivity index (χ2v) is 5.50. The van der Waals surface area contributed by atoms with Crippen molar-refractivity contribution in [3.63, 3.8) is 0 Å². The summed E-state index contributed by atoms with van der Waals surface area (Å²) < 4.78 is 0. The zero-order valence-corrected chi connectivity index (χ0v) is 12.5. The predicted molar refractivity (Wildman–Crippen MR) is 85.1 cm³/mol. The summed E-state index contributed by atoms with van der Waals surface area (Å²) in [4.78, 5) is 4.01. The molecule has 1 aromatic heterocycles. The van der Waals surface area contributed by atoms with Gasteiger partial charge in [0.25, 0.3) is 0 Å². The highest BCUT2D eigenvalue weighted by molar-refractivity contribution is 6.30. The number of halogens is 1. The maximum absolute atomic E-state index is 10.1. The molecule has 0 bridgehead atoms. The van der Waals surface area contributed by atoms with E-state index in [1.54, 1.807) is 12.4 Å². The van der Waals surface area contributed by atoms with Gasteiger partial charge in [0, 0.05) is 31.5 Å². The molecule has 0 fully saturated rings. The smallest absolute Gasteiger partial charge is 0.0818 e. The molecule has 0 spiro atoms. The number of aromatic nitrogens is 1. The normalized spacial score (nSPS) is 13.9. The topological polar surface area (TPSA) is 71.2 Å². The number of nitrogens with two attached hydrogens (primary N) is 1. The maximum Gasteiger partial charge on any atom is 0.0818 e. The number of pyridine rings is 1. The molecule has 0 aliphatic heterocycles. The zero-order valence-electron chi connectivity index (χ0n) is 11.7. The number of benzene rings is 1. The standard InChI is InChI=1S/C16H20ClN3O/c17-14-6-13(8-19-10-14)9-20-11-16(21)15(18)7-12-4-2-1-3-5-12/h1-6,8,10,15-16,20-21H,7,9,11,18H2/t15-,16+/m0/s1. The second-order valence-electron chi connectivity index (χ2n) is 5.06. The van der Waals surface area contributed by atoms with Gasteiger partial charge in [0.05, 0.1) is 11.1 Å². The molecule has 2 aromatic rings. The van der Waals surface area contributed by atoms with Crippen LogP contribution in [0.1, 0.15) is 11.1 Å². The van der Waals surface area contributed by atoms with E-state index in [0.717, 1.165) is 11.1 Å². The van der Waals surface area contributed by atoms with Crippen molar-refractivity contribution >= 4 is 11.6 Å². The average molecular weight is 306 g/mol. The van der Waals surface area contributed by atoms with Gasteiger partial charge < -0.3 is 16.2 Å². The Labute approximate surface area is 130 Å². The van der Waals surface area contributed by atoms with Gasteiger partial charge in [-0.1, -0.05) is 41.9 Å². The number of aliphatic hydroxyl groups excluding tert-OH is 1. The van der Waals surface area contributed by atoms with E-state index < -0.39 is 6.10 Å². The molecule has 0 radical (unpaired) electrons. The van der Waals surface area contributed by atoms with E-state index in [-0.39, 0.29) is 6.04 Å². The highest BCUT2D eigenvalue weighted by Gasteiger charge is 2.14. The Morgan fingerprint density at radius 2 is 1.95 bits per heavy atom. The Hall–Kier alpha value is -1.46. The van der Waals surface area contributed by atoms with Crippen molar-refractivity contribution in [2.45, 2.75) is 25.1 Å². The fourth-order valence-electron chi connectivity index (χ4n) is 2.09. The van der Waals surface area contributed by atoms with Crippen LogP contribution in [0.25, 0.3) is 0 Å². The highest BCUT2D eigenvalue weighted by Crippen LogP contribution is 2.08. The molecule has 21 heavy (non-hydrogen) atoms. The lowest BCUT2D eigenvalue weighted by molar-refractivity contribution is 0.141. The molecule has 2 rings (SSSR count). The molecule has 0 saturated heterocycles. The van der Waals surface area contributed by atoms with Crippen LogP contribution in [-0.4, -0.2) is 28.8 Å². The minimum absolute atomic E-state index is 0.294. The molecule has 1 heterocycles. The largest absolute Gasteiger partial charge is 0.390 e. The third kappa shape index (κ3) is 5.44. The number of aliphatic hydroxyl groups is 1. The lowest BCUT2D eigenvalue weighted by Gasteiger charge is -2.19. The number of hydrogen-bond acceptors (Lipinski definition) is 4. The summed E-state index contributed by atoms with van der Waals surface area (Å²) in [5.41, 5.74) is 8.14. The van der Waals surface area contributed by atoms with Crippen LogP contribution in [0.4, 0.5) is 0 Å². The van der Waals surface area contributed by atoms with Gasteiger partial charge >= 0.3 is 0 Å². The lowest BCUT2D eigenvalue weighted by Crippen LogP contribution is -2.43. The Balaban J connectivity index is 1.75. The second kappa shape index (κ2) is 8.10. The summed E-state index contributed by atoms with van der Waals surface area (Å²) in [6, 6.07) is 11.5. The monoisotopic (exact) mass is 305 g/mol. The predicted octanol–water partition coefficient (Wildman–Crippen LogP) is 1.76. The summed E-state index contributed by atoms with van der Waals surface area (Å²) in [7, 11) is 0. The Morgan fingerprint density at radius 1 is 1.19 bits per heavy atom. The summed E-state index contributed by atoms with van der Waals surface area (Å²) in [6.45, 7) is 1.03. The third-order valence-electron chi connectivity index (χ3n) is 3.25. The molecule has 2 atom stereocenters. The van der Waals surface area contributed by atoms with E-state index in [1.807, 2.05) is 36.4 Å². The van der Waals surface area contributed by atoms with Gasteiger partial charge in [-0.25, -0.2) is 0 Å². The van der Waals surface area contributed by atoms with E-state index in [0.29, 0.717) is 24.5 Å². The molecule has 1 aromatic carbocycles. The molecular weight excluding hydrogens is 286 g/mol. The van der Waals surface area contributed by atoms with Gasteiger partial charge in [-0.3, -0.25) is 4.98 Å². The Kier molecular flexibility index (Phi) is 6.14. The first kappa shape index (κ1) is 15.9. The molecule has 0 amide bonds. The van der Waals surface area contributed by atoms with Crippen molar-refractivity contribution in [2.75, 3.05) is 6.54 Å². The van der Waals surface area contributed by atoms with Crippen LogP contribution in [0.3, 0.4) is 0 Å². The summed E-state index contributed by atoms with van der Waals surface area (Å²) >= 11 is 5.87. The molecule has 112 valence electrons. The minimum Gasteiger partial charge on any atom is -0.390 e. The Morgan fingerprint density at radius 3 is 2.67 bits per heavy atom. The first-order valence-corrected chi connectivity index (χ1v) is 7.30. The van der Waals surface area contributed by atoms with E-state index in [9.17, 15) is 5.11 Å². The number of nitrogens with zero attached hydrogens (tertiary/aromatic N) is 1. The van der Waals surface area contributed by atoms with Gasteiger partial charge in [-0.15, -0.1) is 0 Å². The molecular formula is C16H20ClN3O. The van der Waals surface area contributed by atoms with Crippen LogP contribution in [0.2, 0.25) is 5.02 Å². The van der Waals surface area contributed by atoms with Crippen molar-refractivity contribution in [2.24, 2.45) is 5.73 Å². The van der Waals surface area contributed by atoms with E-state index in [1.165, 1.54) is 0 Å². The number of nitrogens with one attached hydrogen (secondary N) is 1. The van der Waals surface area contributed by atoms with E-state index in [2.05, 4.69) is 10.3 Å². The van der Waals surface area contributed by atoms with Crippen molar-refractivity contribution < 1.29 is 5.11 Å². The molecule has 4 N–H and O–H groups in total. The molecule has 0 unspecified atom stereocenters. The molecule has 0 aliphatic rings. The van der Waals surface area contributed by atoms with Crippen LogP contribution in [0.15, 0.2) is 48.8 Å².